The first kappa shape index (κ1) is 42.3. The zero-order chi connectivity index (χ0) is 39.3. The normalized spacial score (nSPS) is 15.5. The summed E-state index contributed by atoms with van der Waals surface area (Å²) in [6.07, 6.45) is 7.15. The van der Waals surface area contributed by atoms with Crippen LogP contribution in [-0.2, 0) is 31.7 Å². The number of benzene rings is 2. The Morgan fingerprint density at radius 2 is 1.80 bits per heavy atom. The molecule has 3 unspecified atom stereocenters. The molecule has 15 nitrogen and oxygen atoms in total. The van der Waals surface area contributed by atoms with Gasteiger partial charge in [0.1, 0.15) is 34.8 Å². The highest BCUT2D eigenvalue weighted by Gasteiger charge is 2.33. The minimum atomic E-state index is -4.00. The zero-order valence-electron chi connectivity index (χ0n) is 30.8. The number of unbranched alkanes of at least 4 members (excludes halogenated alkanes) is 1. The third-order valence-electron chi connectivity index (χ3n) is 9.09. The molecule has 54 heavy (non-hydrogen) atoms. The van der Waals surface area contributed by atoms with E-state index in [1.54, 1.807) is 56.4 Å². The molecule has 0 radical (unpaired) electrons. The molecule has 1 fully saturated rings. The van der Waals surface area contributed by atoms with E-state index in [2.05, 4.69) is 10.6 Å². The van der Waals surface area contributed by atoms with Gasteiger partial charge in [-0.3, -0.25) is 29.0 Å². The van der Waals surface area contributed by atoms with Crippen LogP contribution < -0.4 is 25.6 Å². The molecule has 2 aromatic carbocycles. The van der Waals surface area contributed by atoms with E-state index in [0.29, 0.717) is 54.7 Å². The van der Waals surface area contributed by atoms with Gasteiger partial charge in [-0.25, -0.2) is 9.24 Å². The molecule has 4 rings (SSSR count). The average molecular weight is 790 g/mol. The summed E-state index contributed by atoms with van der Waals surface area (Å²) in [6.45, 7) is 3.56. The van der Waals surface area contributed by atoms with Gasteiger partial charge in [-0.15, -0.1) is 11.6 Å². The van der Waals surface area contributed by atoms with E-state index >= 15 is 0 Å². The minimum absolute atomic E-state index is 0.0934. The summed E-state index contributed by atoms with van der Waals surface area (Å²) in [4.78, 5) is 48.3. The number of primary amides is 1. The number of hydrogen-bond acceptors (Lipinski definition) is 10. The van der Waals surface area contributed by atoms with Crippen LogP contribution in [0, 0.1) is 16.0 Å². The van der Waals surface area contributed by atoms with Crippen molar-refractivity contribution in [1.82, 2.24) is 15.3 Å². The first-order valence-corrected chi connectivity index (χ1v) is 20.0. The topological polar surface area (TPSA) is 206 Å². The summed E-state index contributed by atoms with van der Waals surface area (Å²) in [5.74, 6) is -0.414. The summed E-state index contributed by atoms with van der Waals surface area (Å²) in [6, 6.07) is 12.6. The number of hydrogen-bond donors (Lipinski definition) is 3. The lowest BCUT2D eigenvalue weighted by Gasteiger charge is -2.27. The van der Waals surface area contributed by atoms with Crippen molar-refractivity contribution in [3.05, 3.63) is 87.2 Å². The van der Waals surface area contributed by atoms with Crippen LogP contribution in [-0.4, -0.2) is 59.4 Å². The number of alkyl halides is 1. The van der Waals surface area contributed by atoms with Crippen LogP contribution in [0.4, 0.5) is 5.88 Å². The van der Waals surface area contributed by atoms with Gasteiger partial charge in [-0.1, -0.05) is 37.5 Å². The lowest BCUT2D eigenvalue weighted by molar-refractivity contribution is -0.402. The van der Waals surface area contributed by atoms with Crippen molar-refractivity contribution in [3.63, 3.8) is 0 Å². The number of furan rings is 1. The van der Waals surface area contributed by atoms with Gasteiger partial charge in [-0.2, -0.15) is 0 Å². The molecule has 4 N–H and O–H groups in total. The Bertz CT molecular complexity index is 1780. The lowest BCUT2D eigenvalue weighted by atomic mass is 9.90. The maximum atomic E-state index is 14.0. The van der Waals surface area contributed by atoms with E-state index < -0.39 is 48.4 Å². The smallest absolute Gasteiger partial charge is 0.461 e. The second-order valence-corrected chi connectivity index (χ2v) is 15.8. The summed E-state index contributed by atoms with van der Waals surface area (Å²) < 4.78 is 38.1. The van der Waals surface area contributed by atoms with Crippen molar-refractivity contribution in [1.29, 1.82) is 0 Å². The van der Waals surface area contributed by atoms with Crippen molar-refractivity contribution < 1.29 is 42.1 Å². The van der Waals surface area contributed by atoms with Crippen LogP contribution in [0.15, 0.2) is 59.0 Å². The number of nitrogens with zero attached hydrogens (tertiary/aromatic N) is 2. The molecule has 0 saturated heterocycles. The van der Waals surface area contributed by atoms with E-state index in [4.69, 9.17) is 35.5 Å². The quantitative estimate of drug-likeness (QED) is 0.0335. The number of amides is 3. The van der Waals surface area contributed by atoms with E-state index in [-0.39, 0.29) is 30.1 Å². The fraction of sp³-hybridized carbons (Fsp3) is 0.486. The predicted octanol–water partition coefficient (Wildman–Crippen LogP) is 6.82. The molecule has 3 aromatic rings. The molecule has 1 aliphatic carbocycles. The van der Waals surface area contributed by atoms with Gasteiger partial charge in [0.25, 0.3) is 5.91 Å². The van der Waals surface area contributed by atoms with E-state index in [9.17, 15) is 29.1 Å². The molecule has 1 aliphatic rings. The van der Waals surface area contributed by atoms with Crippen LogP contribution in [0.1, 0.15) is 92.1 Å². The fourth-order valence-electron chi connectivity index (χ4n) is 6.04. The van der Waals surface area contributed by atoms with Crippen molar-refractivity contribution >= 4 is 43.0 Å². The first-order chi connectivity index (χ1) is 25.8. The molecule has 1 saturated carbocycles. The fourth-order valence-corrected chi connectivity index (χ4v) is 7.69. The number of nitro groups is 1. The number of halogens is 1. The molecule has 3 atom stereocenters. The van der Waals surface area contributed by atoms with Crippen LogP contribution >= 0.6 is 19.3 Å². The second kappa shape index (κ2) is 20.3. The van der Waals surface area contributed by atoms with E-state index in [1.165, 1.54) is 43.0 Å². The average Bonchev–Trinajstić information content (AvgIpc) is 3.63. The highest BCUT2D eigenvalue weighted by molar-refractivity contribution is 7.51. The van der Waals surface area contributed by atoms with Crippen LogP contribution in [0.25, 0.3) is 0 Å². The number of nitrogens with two attached hydrogens (primary N) is 1. The maximum Gasteiger partial charge on any atom is 0.461 e. The Kier molecular flexibility index (Phi) is 15.9. The van der Waals surface area contributed by atoms with Gasteiger partial charge < -0.3 is 30.0 Å². The Balaban J connectivity index is 1.42. The Morgan fingerprint density at radius 3 is 2.43 bits per heavy atom. The van der Waals surface area contributed by atoms with Gasteiger partial charge in [-0.05, 0) is 87.0 Å². The van der Waals surface area contributed by atoms with Gasteiger partial charge in [0, 0.05) is 25.8 Å². The predicted molar refractivity (Wildman–Crippen MR) is 202 cm³/mol. The van der Waals surface area contributed by atoms with Gasteiger partial charge >= 0.3 is 13.6 Å². The number of carbonyl (C=O) groups excluding carboxylic acids is 3. The van der Waals surface area contributed by atoms with Crippen molar-refractivity contribution in [2.75, 3.05) is 26.1 Å². The molecule has 3 amide bonds. The molecular formula is C37H49ClN5O10P. The zero-order valence-corrected chi connectivity index (χ0v) is 32.4. The number of carbonyl (C=O) groups is 3. The van der Waals surface area contributed by atoms with Crippen LogP contribution in [0.3, 0.4) is 0 Å². The van der Waals surface area contributed by atoms with Gasteiger partial charge in [0.05, 0.1) is 24.3 Å². The lowest BCUT2D eigenvalue weighted by Crippen LogP contribution is -2.48. The Hall–Kier alpha value is -4.43. The number of nitrogens with one attached hydrogen (secondary N) is 2. The van der Waals surface area contributed by atoms with Crippen molar-refractivity contribution in [2.24, 2.45) is 11.7 Å². The number of ether oxygens (including phenoxy) is 1. The summed E-state index contributed by atoms with van der Waals surface area (Å²) in [7, 11) is -2.43. The van der Waals surface area contributed by atoms with E-state index in [1.807, 2.05) is 0 Å². The minimum Gasteiger partial charge on any atom is -0.492 e. The summed E-state index contributed by atoms with van der Waals surface area (Å²) in [5, 5.41) is 16.6. The SMILES string of the molecule is CC(=O)NC(Cc1ccc(OP(=O)(OCc2ccc([N+](=O)[O-])o2)N(C)CCCCCl)cc1)C(=O)NC(C)c1ccc(OCC2CCCCC2)c(C(N)=O)c1. The summed E-state index contributed by atoms with van der Waals surface area (Å²) >= 11 is 5.82. The number of rotatable bonds is 21. The van der Waals surface area contributed by atoms with Crippen LogP contribution in [0.2, 0.25) is 0 Å². The van der Waals surface area contributed by atoms with Crippen molar-refractivity contribution in [3.8, 4) is 11.5 Å². The maximum absolute atomic E-state index is 14.0. The van der Waals surface area contributed by atoms with Gasteiger partial charge in [0.15, 0.2) is 0 Å². The molecule has 294 valence electrons. The third kappa shape index (κ3) is 12.6. The first-order valence-electron chi connectivity index (χ1n) is 18.0. The third-order valence-corrected chi connectivity index (χ3v) is 11.3. The summed E-state index contributed by atoms with van der Waals surface area (Å²) in [5.41, 5.74) is 7.22. The van der Waals surface area contributed by atoms with Crippen molar-refractivity contribution in [2.45, 2.75) is 83.9 Å². The standard InChI is InChI=1S/C37H49ClN5O10P/c1-25(29-13-17-34(32(22-29)36(39)45)50-23-28-9-5-4-6-10-28)40-37(46)33(41-26(2)44)21-27-11-14-30(15-12-27)53-54(49,42(3)20-8-7-19-38)51-24-31-16-18-35(52-31)43(47)48/h11-18,22,25,28,33H,4-10,19-21,23-24H2,1-3H3,(H2,39,45)(H,40,46)(H,41,44). The molecule has 0 aliphatic heterocycles. The molecule has 0 spiro atoms. The molecule has 0 bridgehead atoms. The Morgan fingerprint density at radius 1 is 1.07 bits per heavy atom. The highest BCUT2D eigenvalue weighted by atomic mass is 35.5. The largest absolute Gasteiger partial charge is 0.492 e. The molecule has 17 heteroatoms. The molecular weight excluding hydrogens is 741 g/mol. The monoisotopic (exact) mass is 789 g/mol. The van der Waals surface area contributed by atoms with E-state index in [0.717, 1.165) is 12.8 Å². The molecule has 1 heterocycles. The Labute approximate surface area is 319 Å². The molecule has 1 aromatic heterocycles. The second-order valence-electron chi connectivity index (χ2n) is 13.4. The van der Waals surface area contributed by atoms with Gasteiger partial charge in [0.2, 0.25) is 11.8 Å². The highest BCUT2D eigenvalue weighted by Crippen LogP contribution is 2.52. The van der Waals surface area contributed by atoms with Crippen LogP contribution in [0.5, 0.6) is 11.5 Å².